The summed E-state index contributed by atoms with van der Waals surface area (Å²) in [6, 6.07) is -0.261. The van der Waals surface area contributed by atoms with E-state index in [1.165, 1.54) is 6.92 Å². The van der Waals surface area contributed by atoms with Crippen molar-refractivity contribution < 1.29 is 13.6 Å². The van der Waals surface area contributed by atoms with Gasteiger partial charge in [-0.15, -0.1) is 0 Å². The maximum absolute atomic E-state index is 12.1. The molecular formula is C9H15F2NO. The number of piperidine rings is 1. The monoisotopic (exact) mass is 191 g/mol. The number of Topliss-reactive ketones (excluding diaryl/α,β-unsaturated/α-hetero) is 1. The van der Waals surface area contributed by atoms with Crippen LogP contribution in [0.15, 0.2) is 0 Å². The van der Waals surface area contributed by atoms with Gasteiger partial charge in [0.15, 0.2) is 0 Å². The highest BCUT2D eigenvalue weighted by Crippen LogP contribution is 2.18. The molecular weight excluding hydrogens is 176 g/mol. The summed E-state index contributed by atoms with van der Waals surface area (Å²) in [5, 5.41) is 0. The van der Waals surface area contributed by atoms with Crippen molar-refractivity contribution in [1.29, 1.82) is 0 Å². The van der Waals surface area contributed by atoms with Gasteiger partial charge in [0.25, 0.3) is 6.43 Å². The molecule has 0 N–H and O–H groups in total. The van der Waals surface area contributed by atoms with E-state index in [9.17, 15) is 13.6 Å². The predicted molar refractivity (Wildman–Crippen MR) is 45.9 cm³/mol. The maximum Gasteiger partial charge on any atom is 0.251 e. The molecule has 13 heavy (non-hydrogen) atoms. The first kappa shape index (κ1) is 10.6. The van der Waals surface area contributed by atoms with Gasteiger partial charge in [-0.2, -0.15) is 0 Å². The Labute approximate surface area is 76.9 Å². The molecule has 1 saturated heterocycles. The predicted octanol–water partition coefficient (Wildman–Crippen LogP) is 1.70. The molecule has 2 nitrogen and oxygen atoms in total. The Kier molecular flexibility index (Phi) is 3.78. The third-order valence-corrected chi connectivity index (χ3v) is 2.46. The highest BCUT2D eigenvalue weighted by atomic mass is 19.3. The molecule has 1 rings (SSSR count). The van der Waals surface area contributed by atoms with Gasteiger partial charge in [-0.1, -0.05) is 6.42 Å². The second-order valence-electron chi connectivity index (χ2n) is 3.51. The van der Waals surface area contributed by atoms with E-state index in [0.717, 1.165) is 19.3 Å². The topological polar surface area (TPSA) is 20.3 Å². The summed E-state index contributed by atoms with van der Waals surface area (Å²) in [5.41, 5.74) is 0. The molecule has 1 aliphatic rings. The summed E-state index contributed by atoms with van der Waals surface area (Å²) in [7, 11) is 0. The van der Waals surface area contributed by atoms with Crippen molar-refractivity contribution >= 4 is 5.78 Å². The summed E-state index contributed by atoms with van der Waals surface area (Å²) in [5.74, 6) is 0.0142. The van der Waals surface area contributed by atoms with Crippen molar-refractivity contribution in [3.8, 4) is 0 Å². The second kappa shape index (κ2) is 4.65. The van der Waals surface area contributed by atoms with E-state index < -0.39 is 6.43 Å². The van der Waals surface area contributed by atoms with E-state index in [0.29, 0.717) is 6.54 Å². The second-order valence-corrected chi connectivity index (χ2v) is 3.51. The summed E-state index contributed by atoms with van der Waals surface area (Å²) < 4.78 is 24.2. The first-order valence-electron chi connectivity index (χ1n) is 4.64. The van der Waals surface area contributed by atoms with Crippen molar-refractivity contribution in [3.05, 3.63) is 0 Å². The number of alkyl halides is 2. The minimum Gasteiger partial charge on any atom is -0.298 e. The van der Waals surface area contributed by atoms with E-state index in [-0.39, 0.29) is 18.4 Å². The van der Waals surface area contributed by atoms with Gasteiger partial charge < -0.3 is 0 Å². The Balaban J connectivity index is 2.51. The minimum atomic E-state index is -2.33. The number of rotatable bonds is 3. The van der Waals surface area contributed by atoms with Gasteiger partial charge in [0.05, 0.1) is 12.6 Å². The lowest BCUT2D eigenvalue weighted by Gasteiger charge is -2.33. The lowest BCUT2D eigenvalue weighted by molar-refractivity contribution is -0.124. The van der Waals surface area contributed by atoms with Crippen LogP contribution in [-0.4, -0.2) is 36.2 Å². The fourth-order valence-corrected chi connectivity index (χ4v) is 1.85. The van der Waals surface area contributed by atoms with E-state index >= 15 is 0 Å². The molecule has 0 saturated carbocycles. The molecule has 1 fully saturated rings. The largest absolute Gasteiger partial charge is 0.298 e. The Hall–Kier alpha value is -0.510. The Morgan fingerprint density at radius 1 is 1.54 bits per heavy atom. The Morgan fingerprint density at radius 2 is 2.23 bits per heavy atom. The van der Waals surface area contributed by atoms with Gasteiger partial charge >= 0.3 is 0 Å². The molecule has 1 heterocycles. The van der Waals surface area contributed by atoms with Crippen LogP contribution in [0, 0.1) is 0 Å². The van der Waals surface area contributed by atoms with Crippen molar-refractivity contribution in [2.24, 2.45) is 0 Å². The summed E-state index contributed by atoms with van der Waals surface area (Å²) in [4.78, 5) is 12.7. The number of nitrogens with zero attached hydrogens (tertiary/aromatic N) is 1. The first-order valence-corrected chi connectivity index (χ1v) is 4.64. The molecule has 0 aromatic heterocycles. The van der Waals surface area contributed by atoms with Gasteiger partial charge in [0, 0.05) is 0 Å². The average molecular weight is 191 g/mol. The molecule has 1 unspecified atom stereocenters. The van der Waals surface area contributed by atoms with Gasteiger partial charge in [0.1, 0.15) is 5.78 Å². The Bertz CT molecular complexity index is 184. The average Bonchev–Trinajstić information content (AvgIpc) is 2.03. The van der Waals surface area contributed by atoms with Crippen molar-refractivity contribution in [1.82, 2.24) is 4.90 Å². The third-order valence-electron chi connectivity index (χ3n) is 2.46. The maximum atomic E-state index is 12.1. The smallest absolute Gasteiger partial charge is 0.251 e. The fraction of sp³-hybridized carbons (Fsp3) is 0.889. The molecule has 0 radical (unpaired) electrons. The molecule has 0 aromatic carbocycles. The molecule has 1 aliphatic heterocycles. The van der Waals surface area contributed by atoms with Gasteiger partial charge in [-0.05, 0) is 26.3 Å². The lowest BCUT2D eigenvalue weighted by atomic mass is 9.99. The standard InChI is InChI=1S/C9H15F2NO/c1-7(13)8-4-2-3-5-12(8)6-9(10)11/h8-9H,2-6H2,1H3. The van der Waals surface area contributed by atoms with Crippen LogP contribution in [0.25, 0.3) is 0 Å². The van der Waals surface area contributed by atoms with Gasteiger partial charge in [-0.25, -0.2) is 8.78 Å². The number of likely N-dealkylation sites (tertiary alicyclic amines) is 1. The number of ketones is 1. The third kappa shape index (κ3) is 3.03. The lowest BCUT2D eigenvalue weighted by Crippen LogP contribution is -2.45. The highest BCUT2D eigenvalue weighted by molar-refractivity contribution is 5.81. The van der Waals surface area contributed by atoms with Crippen LogP contribution in [0.5, 0.6) is 0 Å². The molecule has 4 heteroatoms. The van der Waals surface area contributed by atoms with E-state index in [4.69, 9.17) is 0 Å². The van der Waals surface area contributed by atoms with Gasteiger partial charge in [-0.3, -0.25) is 9.69 Å². The number of halogens is 2. The van der Waals surface area contributed by atoms with Crippen LogP contribution in [0.3, 0.4) is 0 Å². The summed E-state index contributed by atoms with van der Waals surface area (Å²) in [6.07, 6.45) is 0.308. The quantitative estimate of drug-likeness (QED) is 0.676. The zero-order valence-corrected chi connectivity index (χ0v) is 7.80. The van der Waals surface area contributed by atoms with Crippen molar-refractivity contribution in [3.63, 3.8) is 0 Å². The van der Waals surface area contributed by atoms with Crippen LogP contribution in [-0.2, 0) is 4.79 Å². The molecule has 0 amide bonds. The summed E-state index contributed by atoms with van der Waals surface area (Å²) >= 11 is 0. The summed E-state index contributed by atoms with van der Waals surface area (Å²) in [6.45, 7) is 1.85. The minimum absolute atomic E-state index is 0.0142. The molecule has 0 aromatic rings. The SMILES string of the molecule is CC(=O)C1CCCCN1CC(F)F. The fourth-order valence-electron chi connectivity index (χ4n) is 1.85. The van der Waals surface area contributed by atoms with E-state index in [1.54, 1.807) is 4.90 Å². The van der Waals surface area contributed by atoms with Crippen LogP contribution < -0.4 is 0 Å². The number of carbonyl (C=O) groups excluding carboxylic acids is 1. The van der Waals surface area contributed by atoms with Crippen LogP contribution in [0.4, 0.5) is 8.78 Å². The van der Waals surface area contributed by atoms with Crippen molar-refractivity contribution in [2.45, 2.75) is 38.7 Å². The van der Waals surface area contributed by atoms with Crippen LogP contribution in [0.2, 0.25) is 0 Å². The molecule has 0 bridgehead atoms. The molecule has 0 aliphatic carbocycles. The Morgan fingerprint density at radius 3 is 2.77 bits per heavy atom. The van der Waals surface area contributed by atoms with Crippen molar-refractivity contribution in [2.75, 3.05) is 13.1 Å². The van der Waals surface area contributed by atoms with Gasteiger partial charge in [0.2, 0.25) is 0 Å². The first-order chi connectivity index (χ1) is 6.11. The number of carbonyl (C=O) groups is 1. The highest BCUT2D eigenvalue weighted by Gasteiger charge is 2.27. The number of hydrogen-bond donors (Lipinski definition) is 0. The zero-order valence-electron chi connectivity index (χ0n) is 7.80. The van der Waals surface area contributed by atoms with E-state index in [2.05, 4.69) is 0 Å². The van der Waals surface area contributed by atoms with E-state index in [1.807, 2.05) is 0 Å². The molecule has 1 atom stereocenters. The molecule has 0 spiro atoms. The number of hydrogen-bond acceptors (Lipinski definition) is 2. The molecule has 76 valence electrons. The zero-order chi connectivity index (χ0) is 9.84. The van der Waals surface area contributed by atoms with Crippen LogP contribution in [0.1, 0.15) is 26.2 Å². The van der Waals surface area contributed by atoms with Crippen LogP contribution >= 0.6 is 0 Å². The normalized spacial score (nSPS) is 25.1.